The van der Waals surface area contributed by atoms with Gasteiger partial charge in [-0.05, 0) is 76.8 Å². The van der Waals surface area contributed by atoms with Gasteiger partial charge in [-0.3, -0.25) is 4.79 Å². The molecule has 0 saturated carbocycles. The van der Waals surface area contributed by atoms with Gasteiger partial charge in [-0.25, -0.2) is 13.2 Å². The third-order valence-corrected chi connectivity index (χ3v) is 6.80. The minimum Gasteiger partial charge on any atom is -0.444 e. The summed E-state index contributed by atoms with van der Waals surface area (Å²) in [6.07, 6.45) is 0.0983. The molecule has 2 aromatic rings. The van der Waals surface area contributed by atoms with Crippen LogP contribution in [0.2, 0.25) is 0 Å². The molecule has 0 saturated heterocycles. The Kier molecular flexibility index (Phi) is 9.42. The number of anilines is 1. The number of sulfonamides is 1. The fourth-order valence-electron chi connectivity index (χ4n) is 3.65. The van der Waals surface area contributed by atoms with E-state index in [9.17, 15) is 18.0 Å². The van der Waals surface area contributed by atoms with E-state index in [1.807, 2.05) is 19.1 Å². The average Bonchev–Trinajstić information content (AvgIpc) is 2.71. The number of nitrogens with two attached hydrogens (primary N) is 1. The zero-order valence-corrected chi connectivity index (χ0v) is 22.0. The van der Waals surface area contributed by atoms with Crippen LogP contribution in [0, 0.1) is 20.8 Å². The van der Waals surface area contributed by atoms with Crippen LogP contribution in [-0.2, 0) is 26.0 Å². The predicted octanol–water partition coefficient (Wildman–Crippen LogP) is 2.92. The average molecular weight is 505 g/mol. The molecule has 0 fully saturated rings. The topological polar surface area (TPSA) is 140 Å². The molecule has 1 atom stereocenters. The van der Waals surface area contributed by atoms with Gasteiger partial charge in [0.25, 0.3) is 0 Å². The van der Waals surface area contributed by atoms with Gasteiger partial charge < -0.3 is 21.1 Å². The van der Waals surface area contributed by atoms with Crippen molar-refractivity contribution in [1.82, 2.24) is 10.0 Å². The molecule has 2 aromatic carbocycles. The molecule has 2 rings (SSSR count). The highest BCUT2D eigenvalue weighted by atomic mass is 32.2. The Morgan fingerprint density at radius 2 is 1.60 bits per heavy atom. The van der Waals surface area contributed by atoms with Crippen molar-refractivity contribution in [1.29, 1.82) is 0 Å². The van der Waals surface area contributed by atoms with E-state index in [0.717, 1.165) is 11.1 Å². The molecule has 0 aliphatic carbocycles. The van der Waals surface area contributed by atoms with Gasteiger partial charge in [0.2, 0.25) is 15.9 Å². The van der Waals surface area contributed by atoms with E-state index in [-0.39, 0.29) is 11.4 Å². The van der Waals surface area contributed by atoms with Crippen LogP contribution < -0.4 is 21.1 Å². The van der Waals surface area contributed by atoms with E-state index in [4.69, 9.17) is 10.5 Å². The maximum atomic E-state index is 13.0. The van der Waals surface area contributed by atoms with Crippen molar-refractivity contribution in [2.24, 2.45) is 5.73 Å². The van der Waals surface area contributed by atoms with Gasteiger partial charge in [-0.15, -0.1) is 0 Å². The van der Waals surface area contributed by atoms with Crippen molar-refractivity contribution in [3.63, 3.8) is 0 Å². The zero-order chi connectivity index (χ0) is 26.4. The summed E-state index contributed by atoms with van der Waals surface area (Å²) < 4.78 is 33.6. The summed E-state index contributed by atoms with van der Waals surface area (Å²) in [5.74, 6) is -0.558. The lowest BCUT2D eigenvalue weighted by atomic mass is 10.1. The Balaban J connectivity index is 1.98. The molecule has 35 heavy (non-hydrogen) atoms. The number of hydrogen-bond donors (Lipinski definition) is 4. The lowest BCUT2D eigenvalue weighted by Crippen LogP contribution is -2.48. The number of rotatable bonds is 9. The Labute approximate surface area is 207 Å². The molecule has 0 aromatic heterocycles. The number of nitrogens with one attached hydrogen (secondary N) is 3. The Morgan fingerprint density at radius 3 is 2.11 bits per heavy atom. The quantitative estimate of drug-likeness (QED) is 0.414. The molecule has 0 spiro atoms. The largest absolute Gasteiger partial charge is 0.444 e. The monoisotopic (exact) mass is 504 g/mol. The molecule has 2 amide bonds. The number of ether oxygens (including phenoxy) is 1. The summed E-state index contributed by atoms with van der Waals surface area (Å²) in [7, 11) is -3.96. The van der Waals surface area contributed by atoms with E-state index in [0.29, 0.717) is 29.8 Å². The molecular formula is C25H36N4O5S. The number of benzene rings is 2. The van der Waals surface area contributed by atoms with Crippen LogP contribution in [0.5, 0.6) is 0 Å². The maximum Gasteiger partial charge on any atom is 0.407 e. The van der Waals surface area contributed by atoms with Gasteiger partial charge in [0.1, 0.15) is 11.6 Å². The minimum atomic E-state index is -3.96. The van der Waals surface area contributed by atoms with Gasteiger partial charge in [-0.1, -0.05) is 29.8 Å². The minimum absolute atomic E-state index is 0.152. The number of amides is 2. The molecule has 192 valence electrons. The highest BCUT2D eigenvalue weighted by molar-refractivity contribution is 7.89. The van der Waals surface area contributed by atoms with Crippen LogP contribution in [0.15, 0.2) is 41.3 Å². The van der Waals surface area contributed by atoms with E-state index in [2.05, 4.69) is 15.4 Å². The first-order chi connectivity index (χ1) is 16.2. The highest BCUT2D eigenvalue weighted by Crippen LogP contribution is 2.22. The summed E-state index contributed by atoms with van der Waals surface area (Å²) in [6, 6.07) is 9.46. The van der Waals surface area contributed by atoms with Crippen LogP contribution in [0.25, 0.3) is 0 Å². The Morgan fingerprint density at radius 1 is 1.03 bits per heavy atom. The Hall–Kier alpha value is -2.95. The van der Waals surface area contributed by atoms with Crippen molar-refractivity contribution < 1.29 is 22.7 Å². The summed E-state index contributed by atoms with van der Waals surface area (Å²) in [4.78, 5) is 24.6. The SMILES string of the molecule is Cc1cc(C)c(S(=O)(=O)NC(CN)C(=O)Nc2ccc(CCNC(=O)OC(C)(C)C)cc2)c(C)c1. The van der Waals surface area contributed by atoms with Crippen molar-refractivity contribution in [2.75, 3.05) is 18.4 Å². The van der Waals surface area contributed by atoms with Crippen molar-refractivity contribution in [2.45, 2.75) is 64.5 Å². The fourth-order valence-corrected chi connectivity index (χ4v) is 5.31. The van der Waals surface area contributed by atoms with Gasteiger partial charge in [0.05, 0.1) is 4.90 Å². The summed E-state index contributed by atoms with van der Waals surface area (Å²) in [6.45, 7) is 10.9. The predicted molar refractivity (Wildman–Crippen MR) is 137 cm³/mol. The molecule has 1 unspecified atom stereocenters. The number of alkyl carbamates (subject to hydrolysis) is 1. The van der Waals surface area contributed by atoms with Crippen LogP contribution in [0.4, 0.5) is 10.5 Å². The molecule has 9 nitrogen and oxygen atoms in total. The maximum absolute atomic E-state index is 13.0. The van der Waals surface area contributed by atoms with Crippen LogP contribution in [0.3, 0.4) is 0 Å². The number of carbonyl (C=O) groups is 2. The highest BCUT2D eigenvalue weighted by Gasteiger charge is 2.27. The first kappa shape index (κ1) is 28.3. The normalized spacial score (nSPS) is 12.7. The second-order valence-corrected chi connectivity index (χ2v) is 11.2. The molecule has 0 bridgehead atoms. The van der Waals surface area contributed by atoms with Crippen LogP contribution >= 0.6 is 0 Å². The second kappa shape index (κ2) is 11.7. The van der Waals surface area contributed by atoms with E-state index >= 15 is 0 Å². The lowest BCUT2D eigenvalue weighted by Gasteiger charge is -2.19. The van der Waals surface area contributed by atoms with Crippen LogP contribution in [0.1, 0.15) is 43.0 Å². The summed E-state index contributed by atoms with van der Waals surface area (Å²) >= 11 is 0. The molecule has 10 heteroatoms. The smallest absolute Gasteiger partial charge is 0.407 e. The summed E-state index contributed by atoms with van der Waals surface area (Å²) in [5, 5.41) is 5.39. The zero-order valence-electron chi connectivity index (χ0n) is 21.2. The van der Waals surface area contributed by atoms with E-state index in [1.165, 1.54) is 0 Å². The molecule has 0 aliphatic rings. The van der Waals surface area contributed by atoms with Crippen LogP contribution in [-0.4, -0.2) is 45.2 Å². The molecule has 5 N–H and O–H groups in total. The first-order valence-electron chi connectivity index (χ1n) is 11.4. The fraction of sp³-hybridized carbons (Fsp3) is 0.440. The Bertz CT molecular complexity index is 1130. The van der Waals surface area contributed by atoms with E-state index < -0.39 is 33.7 Å². The first-order valence-corrected chi connectivity index (χ1v) is 12.9. The molecule has 0 heterocycles. The van der Waals surface area contributed by atoms with E-state index in [1.54, 1.807) is 58.9 Å². The second-order valence-electron chi connectivity index (χ2n) is 9.50. The number of aryl methyl sites for hydroxylation is 3. The molecule has 0 aliphatic heterocycles. The molecule has 0 radical (unpaired) electrons. The van der Waals surface area contributed by atoms with Crippen molar-refractivity contribution >= 4 is 27.7 Å². The van der Waals surface area contributed by atoms with Gasteiger partial charge in [-0.2, -0.15) is 4.72 Å². The van der Waals surface area contributed by atoms with Gasteiger partial charge >= 0.3 is 6.09 Å². The van der Waals surface area contributed by atoms with Gasteiger partial charge in [0.15, 0.2) is 0 Å². The standard InChI is InChI=1S/C25H36N4O5S/c1-16-13-17(2)22(18(3)14-16)35(32,33)29-21(15-26)23(30)28-20-9-7-19(8-10-20)11-12-27-24(31)34-25(4,5)6/h7-10,13-14,21,29H,11-12,15,26H2,1-6H3,(H,27,31)(H,28,30). The molecular weight excluding hydrogens is 468 g/mol. The van der Waals surface area contributed by atoms with Crippen molar-refractivity contribution in [3.05, 3.63) is 58.7 Å². The summed E-state index contributed by atoms with van der Waals surface area (Å²) in [5.41, 5.74) is 8.76. The number of carbonyl (C=O) groups excluding carboxylic acids is 2. The third-order valence-electron chi connectivity index (χ3n) is 5.03. The third kappa shape index (κ3) is 8.65. The lowest BCUT2D eigenvalue weighted by molar-refractivity contribution is -0.117. The van der Waals surface area contributed by atoms with Gasteiger partial charge in [0, 0.05) is 18.8 Å². The number of hydrogen-bond acceptors (Lipinski definition) is 6. The van der Waals surface area contributed by atoms with Crippen molar-refractivity contribution in [3.8, 4) is 0 Å².